The van der Waals surface area contributed by atoms with E-state index in [0.717, 1.165) is 25.9 Å². The van der Waals surface area contributed by atoms with Gasteiger partial charge in [0.05, 0.1) is 0 Å². The van der Waals surface area contributed by atoms with E-state index >= 15 is 0 Å². The molecule has 4 heteroatoms. The summed E-state index contributed by atoms with van der Waals surface area (Å²) in [6, 6.07) is 0.273. The number of amides is 1. The molecule has 1 aliphatic rings. The average Bonchev–Trinajstić information content (AvgIpc) is 2.05. The highest BCUT2D eigenvalue weighted by atomic mass is 35.5. The van der Waals surface area contributed by atoms with Gasteiger partial charge in [0.25, 0.3) is 0 Å². The maximum absolute atomic E-state index is 11.0. The molecule has 0 spiro atoms. The van der Waals surface area contributed by atoms with Crippen molar-refractivity contribution in [3.63, 3.8) is 0 Å². The highest BCUT2D eigenvalue weighted by Crippen LogP contribution is 2.08. The number of alkyl halides is 1. The van der Waals surface area contributed by atoms with Gasteiger partial charge in [-0.2, -0.15) is 0 Å². The molecule has 2 N–H and O–H groups in total. The number of carbonyl (C=O) groups is 1. The molecule has 0 saturated carbocycles. The molecule has 0 atom stereocenters. The van der Waals surface area contributed by atoms with Crippen molar-refractivity contribution in [2.75, 3.05) is 19.0 Å². The van der Waals surface area contributed by atoms with Gasteiger partial charge in [-0.15, -0.1) is 11.6 Å². The molecule has 1 saturated heterocycles. The van der Waals surface area contributed by atoms with Crippen molar-refractivity contribution in [1.82, 2.24) is 4.90 Å². The third kappa shape index (κ3) is 2.34. The number of hydrogen-bond acceptors (Lipinski definition) is 2. The first-order valence-electron chi connectivity index (χ1n) is 3.83. The third-order valence-corrected chi connectivity index (χ3v) is 2.24. The van der Waals surface area contributed by atoms with Gasteiger partial charge in [0.1, 0.15) is 5.88 Å². The Balaban J connectivity index is 2.33. The Hall–Kier alpha value is -0.280. The van der Waals surface area contributed by atoms with E-state index in [1.165, 1.54) is 0 Å². The van der Waals surface area contributed by atoms with E-state index < -0.39 is 0 Å². The van der Waals surface area contributed by atoms with Crippen LogP contribution in [-0.4, -0.2) is 35.8 Å². The first-order chi connectivity index (χ1) is 5.24. The van der Waals surface area contributed by atoms with Gasteiger partial charge < -0.3 is 10.6 Å². The fourth-order valence-corrected chi connectivity index (χ4v) is 1.40. The number of rotatable bonds is 1. The summed E-state index contributed by atoms with van der Waals surface area (Å²) in [4.78, 5) is 12.8. The van der Waals surface area contributed by atoms with E-state index in [9.17, 15) is 4.79 Å². The van der Waals surface area contributed by atoms with E-state index in [1.807, 2.05) is 0 Å². The van der Waals surface area contributed by atoms with Gasteiger partial charge in [-0.05, 0) is 12.8 Å². The summed E-state index contributed by atoms with van der Waals surface area (Å²) in [5.74, 6) is 0.119. The predicted molar refractivity (Wildman–Crippen MR) is 44.5 cm³/mol. The van der Waals surface area contributed by atoms with E-state index in [1.54, 1.807) is 4.90 Å². The zero-order valence-electron chi connectivity index (χ0n) is 6.42. The van der Waals surface area contributed by atoms with Crippen LogP contribution >= 0.6 is 11.6 Å². The van der Waals surface area contributed by atoms with Crippen LogP contribution in [0.25, 0.3) is 0 Å². The fourth-order valence-electron chi connectivity index (χ4n) is 1.23. The Morgan fingerprint density at radius 2 is 2.09 bits per heavy atom. The lowest BCUT2D eigenvalue weighted by atomic mass is 10.1. The molecule has 11 heavy (non-hydrogen) atoms. The highest BCUT2D eigenvalue weighted by molar-refractivity contribution is 6.27. The number of nitrogens with two attached hydrogens (primary N) is 1. The normalized spacial score (nSPS) is 20.4. The number of carbonyl (C=O) groups excluding carboxylic acids is 1. The third-order valence-electron chi connectivity index (χ3n) is 2.01. The fraction of sp³-hybridized carbons (Fsp3) is 0.857. The van der Waals surface area contributed by atoms with Crippen LogP contribution in [-0.2, 0) is 4.79 Å². The Morgan fingerprint density at radius 1 is 1.55 bits per heavy atom. The molecule has 0 unspecified atom stereocenters. The van der Waals surface area contributed by atoms with Crippen molar-refractivity contribution in [3.8, 4) is 0 Å². The second-order valence-corrected chi connectivity index (χ2v) is 3.12. The smallest absolute Gasteiger partial charge is 0.237 e. The maximum atomic E-state index is 11.0. The standard InChI is InChI=1S/C7H13ClN2O/c8-5-7(11)10-3-1-6(9)2-4-10/h6H,1-5,9H2. The van der Waals surface area contributed by atoms with Crippen LogP contribution in [0.3, 0.4) is 0 Å². The molecule has 1 fully saturated rings. The van der Waals surface area contributed by atoms with Crippen molar-refractivity contribution in [3.05, 3.63) is 0 Å². The molecule has 0 aromatic carbocycles. The van der Waals surface area contributed by atoms with E-state index in [4.69, 9.17) is 17.3 Å². The zero-order valence-corrected chi connectivity index (χ0v) is 7.18. The maximum Gasteiger partial charge on any atom is 0.237 e. The lowest BCUT2D eigenvalue weighted by Crippen LogP contribution is -2.43. The first-order valence-corrected chi connectivity index (χ1v) is 4.37. The first kappa shape index (κ1) is 8.81. The number of likely N-dealkylation sites (tertiary alicyclic amines) is 1. The molecular formula is C7H13ClN2O. The van der Waals surface area contributed by atoms with Crippen LogP contribution in [0.4, 0.5) is 0 Å². The molecule has 0 aromatic rings. The molecule has 0 aromatic heterocycles. The monoisotopic (exact) mass is 176 g/mol. The van der Waals surface area contributed by atoms with Crippen molar-refractivity contribution < 1.29 is 4.79 Å². The topological polar surface area (TPSA) is 46.3 Å². The van der Waals surface area contributed by atoms with Gasteiger partial charge in [-0.25, -0.2) is 0 Å². The summed E-state index contributed by atoms with van der Waals surface area (Å²) >= 11 is 5.40. The summed E-state index contributed by atoms with van der Waals surface area (Å²) in [5.41, 5.74) is 5.67. The Labute approximate surface area is 71.5 Å². The number of hydrogen-bond donors (Lipinski definition) is 1. The number of halogens is 1. The van der Waals surface area contributed by atoms with Gasteiger partial charge in [-0.1, -0.05) is 0 Å². The number of nitrogens with zero attached hydrogens (tertiary/aromatic N) is 1. The van der Waals surface area contributed by atoms with Crippen molar-refractivity contribution in [1.29, 1.82) is 0 Å². The van der Waals surface area contributed by atoms with Gasteiger partial charge >= 0.3 is 0 Å². The lowest BCUT2D eigenvalue weighted by Gasteiger charge is -2.29. The van der Waals surface area contributed by atoms with E-state index in [0.29, 0.717) is 0 Å². The van der Waals surface area contributed by atoms with Gasteiger partial charge in [0, 0.05) is 19.1 Å². The van der Waals surface area contributed by atoms with Gasteiger partial charge in [0.15, 0.2) is 0 Å². The Kier molecular flexibility index (Phi) is 3.15. The van der Waals surface area contributed by atoms with Crippen molar-refractivity contribution in [2.24, 2.45) is 5.73 Å². The lowest BCUT2D eigenvalue weighted by molar-refractivity contribution is -0.129. The minimum Gasteiger partial charge on any atom is -0.342 e. The highest BCUT2D eigenvalue weighted by Gasteiger charge is 2.19. The summed E-state index contributed by atoms with van der Waals surface area (Å²) < 4.78 is 0. The van der Waals surface area contributed by atoms with E-state index in [2.05, 4.69) is 0 Å². The molecule has 0 aliphatic carbocycles. The molecule has 3 nitrogen and oxygen atoms in total. The molecule has 1 amide bonds. The summed E-state index contributed by atoms with van der Waals surface area (Å²) in [6.07, 6.45) is 1.81. The average molecular weight is 177 g/mol. The molecule has 0 radical (unpaired) electrons. The van der Waals surface area contributed by atoms with Crippen molar-refractivity contribution in [2.45, 2.75) is 18.9 Å². The largest absolute Gasteiger partial charge is 0.342 e. The van der Waals surface area contributed by atoms with Crippen LogP contribution in [0.2, 0.25) is 0 Å². The van der Waals surface area contributed by atoms with E-state index in [-0.39, 0.29) is 17.8 Å². The second kappa shape index (κ2) is 3.93. The second-order valence-electron chi connectivity index (χ2n) is 2.85. The molecule has 64 valence electrons. The van der Waals surface area contributed by atoms with Gasteiger partial charge in [-0.3, -0.25) is 4.79 Å². The van der Waals surface area contributed by atoms with Gasteiger partial charge in [0.2, 0.25) is 5.91 Å². The number of piperidine rings is 1. The van der Waals surface area contributed by atoms with Crippen LogP contribution in [0.15, 0.2) is 0 Å². The molecule has 1 heterocycles. The summed E-state index contributed by atoms with van der Waals surface area (Å²) in [5, 5.41) is 0. The van der Waals surface area contributed by atoms with Crippen molar-refractivity contribution >= 4 is 17.5 Å². The Bertz CT molecular complexity index is 143. The summed E-state index contributed by atoms with van der Waals surface area (Å²) in [6.45, 7) is 1.54. The van der Waals surface area contributed by atoms with Crippen LogP contribution < -0.4 is 5.73 Å². The zero-order chi connectivity index (χ0) is 8.27. The summed E-state index contributed by atoms with van der Waals surface area (Å²) in [7, 11) is 0. The minimum absolute atomic E-state index is 0.0265. The minimum atomic E-state index is 0.0265. The van der Waals surface area contributed by atoms with Crippen LogP contribution in [0, 0.1) is 0 Å². The Morgan fingerprint density at radius 3 is 2.55 bits per heavy atom. The predicted octanol–water partition coefficient (Wildman–Crippen LogP) is 0.175. The quantitative estimate of drug-likeness (QED) is 0.580. The molecule has 1 aliphatic heterocycles. The van der Waals surface area contributed by atoms with Crippen LogP contribution in [0.5, 0.6) is 0 Å². The SMILES string of the molecule is NC1CCN(C(=O)CCl)CC1. The van der Waals surface area contributed by atoms with Crippen LogP contribution in [0.1, 0.15) is 12.8 Å². The molecule has 1 rings (SSSR count). The molecular weight excluding hydrogens is 164 g/mol. The molecule has 0 bridgehead atoms.